The van der Waals surface area contributed by atoms with E-state index in [1.165, 1.54) is 24.5 Å². The highest BCUT2D eigenvalue weighted by molar-refractivity contribution is 6.12. The maximum atomic E-state index is 16.0. The van der Waals surface area contributed by atoms with Gasteiger partial charge in [-0.2, -0.15) is 0 Å². The Kier molecular flexibility index (Phi) is 21.4. The number of allylic oxidation sites excluding steroid dienone is 5. The van der Waals surface area contributed by atoms with Crippen LogP contribution in [0.4, 0.5) is 13.2 Å². The minimum atomic E-state index is -3.09. The number of aliphatic imine (C=N–C) groups is 1. The zero-order valence-corrected chi connectivity index (χ0v) is 34.9. The predicted octanol–water partition coefficient (Wildman–Crippen LogP) is 13.4. The first-order valence-corrected chi connectivity index (χ1v) is 19.0. The number of aliphatic hydroxyl groups is 1. The molecule has 0 spiro atoms. The number of alkyl halides is 2. The van der Waals surface area contributed by atoms with Gasteiger partial charge >= 0.3 is 0 Å². The molecule has 0 bridgehead atoms. The van der Waals surface area contributed by atoms with Crippen molar-refractivity contribution in [3.05, 3.63) is 125 Å². The molecule has 1 aliphatic carbocycles. The summed E-state index contributed by atoms with van der Waals surface area (Å²) in [5.74, 6) is -2.82. The third-order valence-corrected chi connectivity index (χ3v) is 9.37. The van der Waals surface area contributed by atoms with E-state index in [2.05, 4.69) is 51.2 Å². The highest BCUT2D eigenvalue weighted by Crippen LogP contribution is 2.49. The first-order chi connectivity index (χ1) is 24.9. The number of halogens is 3. The van der Waals surface area contributed by atoms with Crippen LogP contribution < -0.4 is 5.73 Å². The Labute approximate surface area is 320 Å². The van der Waals surface area contributed by atoms with Gasteiger partial charge in [0.25, 0.3) is 5.92 Å². The van der Waals surface area contributed by atoms with Crippen LogP contribution >= 0.6 is 0 Å². The molecule has 0 amide bonds. The smallest absolute Gasteiger partial charge is 0.270 e. The molecule has 3 N–H and O–H groups in total. The highest BCUT2D eigenvalue weighted by atomic mass is 19.3. The predicted molar refractivity (Wildman–Crippen MR) is 223 cm³/mol. The van der Waals surface area contributed by atoms with Gasteiger partial charge in [-0.15, -0.1) is 6.58 Å². The van der Waals surface area contributed by atoms with Crippen LogP contribution in [0.1, 0.15) is 129 Å². The fourth-order valence-electron chi connectivity index (χ4n) is 5.65. The van der Waals surface area contributed by atoms with E-state index in [0.29, 0.717) is 52.7 Å². The average Bonchev–Trinajstić information content (AvgIpc) is 3.07. The second-order valence-electron chi connectivity index (χ2n) is 14.4. The molecular weight excluding hydrogens is 670 g/mol. The van der Waals surface area contributed by atoms with E-state index in [9.17, 15) is 13.9 Å². The summed E-state index contributed by atoms with van der Waals surface area (Å²) in [4.78, 5) is 4.53. The van der Waals surface area contributed by atoms with E-state index in [4.69, 9.17) is 4.74 Å². The Bertz CT molecular complexity index is 1560. The van der Waals surface area contributed by atoms with E-state index in [0.717, 1.165) is 43.7 Å². The molecule has 296 valence electrons. The topological polar surface area (TPSA) is 67.8 Å². The van der Waals surface area contributed by atoms with Crippen molar-refractivity contribution < 1.29 is 23.0 Å². The molecule has 53 heavy (non-hydrogen) atoms. The van der Waals surface area contributed by atoms with Crippen molar-refractivity contribution in [2.45, 2.75) is 121 Å². The average molecular weight is 739 g/mol. The van der Waals surface area contributed by atoms with Crippen molar-refractivity contribution in [3.63, 3.8) is 0 Å². The van der Waals surface area contributed by atoms with Gasteiger partial charge in [-0.05, 0) is 86.0 Å². The molecule has 1 aliphatic heterocycles. The lowest BCUT2D eigenvalue weighted by molar-refractivity contribution is -0.0313. The number of hydrogen-bond acceptors (Lipinski definition) is 4. The normalized spacial score (nSPS) is 15.8. The van der Waals surface area contributed by atoms with Crippen molar-refractivity contribution >= 4 is 11.3 Å². The largest absolute Gasteiger partial charge is 0.511 e. The SMILES string of the molecule is C=CC.C=CN.C=CN=C(/C=C(\C)C(C)(C)C)c1cc(C(C)(F)F)ccc1/C(Cc1ccc(CC2COC2)c(C)c1F)=C(\O)C1(C)CCC1.CC.CC. The third-order valence-electron chi connectivity index (χ3n) is 9.37. The minimum absolute atomic E-state index is 0.110. The highest BCUT2D eigenvalue weighted by Gasteiger charge is 2.39. The molecule has 1 saturated carbocycles. The fraction of sp³-hybridized carbons (Fsp3) is 0.500. The number of benzene rings is 2. The third kappa shape index (κ3) is 14.1. The summed E-state index contributed by atoms with van der Waals surface area (Å²) in [6.07, 6.45) is 9.72. The Balaban J connectivity index is 0.00000245. The molecule has 7 heteroatoms. The van der Waals surface area contributed by atoms with Crippen molar-refractivity contribution in [3.8, 4) is 0 Å². The first-order valence-electron chi connectivity index (χ1n) is 19.0. The summed E-state index contributed by atoms with van der Waals surface area (Å²) in [5.41, 5.74) is 8.79. The summed E-state index contributed by atoms with van der Waals surface area (Å²) < 4.78 is 50.7. The number of rotatable bonds is 10. The number of ether oxygens (including phenoxy) is 1. The van der Waals surface area contributed by atoms with E-state index in [1.54, 1.807) is 25.1 Å². The summed E-state index contributed by atoms with van der Waals surface area (Å²) in [7, 11) is 0. The van der Waals surface area contributed by atoms with Crippen molar-refractivity contribution in [2.24, 2.45) is 27.5 Å². The second-order valence-corrected chi connectivity index (χ2v) is 14.4. The number of aliphatic hydroxyl groups excluding tert-OH is 1. The Morgan fingerprint density at radius 2 is 1.53 bits per heavy atom. The molecule has 2 aliphatic rings. The van der Waals surface area contributed by atoms with Crippen LogP contribution in [-0.4, -0.2) is 24.0 Å². The van der Waals surface area contributed by atoms with Crippen LogP contribution in [-0.2, 0) is 23.5 Å². The molecule has 0 aromatic heterocycles. The molecule has 0 atom stereocenters. The van der Waals surface area contributed by atoms with Crippen LogP contribution in [0.25, 0.3) is 5.57 Å². The van der Waals surface area contributed by atoms with Gasteiger partial charge in [0.15, 0.2) is 0 Å². The van der Waals surface area contributed by atoms with Crippen LogP contribution in [0.15, 0.2) is 90.9 Å². The maximum absolute atomic E-state index is 16.0. The molecular formula is C46H69F3N2O2. The van der Waals surface area contributed by atoms with Crippen molar-refractivity contribution in [2.75, 3.05) is 13.2 Å². The summed E-state index contributed by atoms with van der Waals surface area (Å²) in [5, 5.41) is 11.9. The number of nitrogens with zero attached hydrogens (tertiary/aromatic N) is 1. The van der Waals surface area contributed by atoms with Gasteiger partial charge in [-0.1, -0.05) is 111 Å². The fourth-order valence-corrected chi connectivity index (χ4v) is 5.65. The lowest BCUT2D eigenvalue weighted by Gasteiger charge is -2.39. The minimum Gasteiger partial charge on any atom is -0.511 e. The molecule has 0 unspecified atom stereocenters. The Morgan fingerprint density at radius 3 is 1.94 bits per heavy atom. The van der Waals surface area contributed by atoms with E-state index >= 15 is 4.39 Å². The van der Waals surface area contributed by atoms with Crippen LogP contribution in [0.5, 0.6) is 0 Å². The van der Waals surface area contributed by atoms with Crippen LogP contribution in [0.2, 0.25) is 0 Å². The van der Waals surface area contributed by atoms with Crippen molar-refractivity contribution in [1.29, 1.82) is 0 Å². The maximum Gasteiger partial charge on any atom is 0.270 e. The van der Waals surface area contributed by atoms with Gasteiger partial charge in [0.1, 0.15) is 11.6 Å². The standard InChI is InChI=1S/C37H46F3NO2.C3H6.C2H5N.2C2H6/c1-9-41-32(17-23(2)35(4,5)6)30-20-28(37(8,39)40)13-14-29(30)31(34(42)36(7)15-10-16-36)19-27-12-11-26(24(3)33(27)38)18-25-21-43-22-25;1-3-2;1-2-3;2*1-2/h9,11-14,17,20,25,42H,1,10,15-16,18-19,21-22H2,2-8H3;3H,1H2,2H3;2H,1,3H2;2*1-2H3/b23-17+,34-31-,41-32?;;;;. The van der Waals surface area contributed by atoms with Gasteiger partial charge in [-0.25, -0.2) is 13.2 Å². The molecule has 2 aromatic rings. The molecule has 1 saturated heterocycles. The van der Waals surface area contributed by atoms with Gasteiger partial charge < -0.3 is 15.6 Å². The van der Waals surface area contributed by atoms with Gasteiger partial charge in [0, 0.05) is 47.6 Å². The lowest BCUT2D eigenvalue weighted by Crippen LogP contribution is -2.29. The summed E-state index contributed by atoms with van der Waals surface area (Å²) in [6, 6.07) is 8.24. The van der Waals surface area contributed by atoms with E-state index in [1.807, 2.05) is 60.6 Å². The molecule has 1 heterocycles. The van der Waals surface area contributed by atoms with Gasteiger partial charge in [0.2, 0.25) is 0 Å². The lowest BCUT2D eigenvalue weighted by atomic mass is 9.67. The number of nitrogens with two attached hydrogens (primary N) is 1. The van der Waals surface area contributed by atoms with Crippen LogP contribution in [0.3, 0.4) is 0 Å². The molecule has 0 radical (unpaired) electrons. The Morgan fingerprint density at radius 1 is 1.00 bits per heavy atom. The zero-order valence-electron chi connectivity index (χ0n) is 34.9. The van der Waals surface area contributed by atoms with Gasteiger partial charge in [0.05, 0.1) is 18.9 Å². The van der Waals surface area contributed by atoms with Gasteiger partial charge in [-0.3, -0.25) is 4.99 Å². The summed E-state index contributed by atoms with van der Waals surface area (Å²) >= 11 is 0. The summed E-state index contributed by atoms with van der Waals surface area (Å²) in [6.45, 7) is 34.4. The van der Waals surface area contributed by atoms with E-state index in [-0.39, 0.29) is 29.0 Å². The molecule has 4 nitrogen and oxygen atoms in total. The first kappa shape index (κ1) is 49.2. The molecule has 2 fully saturated rings. The molecule has 4 rings (SSSR count). The second kappa shape index (κ2) is 23.1. The molecule has 2 aromatic carbocycles. The van der Waals surface area contributed by atoms with Crippen molar-refractivity contribution in [1.82, 2.24) is 0 Å². The monoisotopic (exact) mass is 739 g/mol. The zero-order chi connectivity index (χ0) is 41.2. The quantitative estimate of drug-likeness (QED) is 0.145. The van der Waals surface area contributed by atoms with Crippen LogP contribution in [0, 0.1) is 29.5 Å². The number of hydrogen-bond donors (Lipinski definition) is 2. The Hall–Kier alpha value is -3.84. The van der Waals surface area contributed by atoms with E-state index < -0.39 is 11.3 Å².